The van der Waals surface area contributed by atoms with Gasteiger partial charge in [0.25, 0.3) is 0 Å². The van der Waals surface area contributed by atoms with E-state index in [4.69, 9.17) is 0 Å². The van der Waals surface area contributed by atoms with Crippen molar-refractivity contribution in [2.75, 3.05) is 20.1 Å². The van der Waals surface area contributed by atoms with Gasteiger partial charge in [-0.1, -0.05) is 30.3 Å². The first-order chi connectivity index (χ1) is 13.8. The molecule has 2 unspecified atom stereocenters. The topological polar surface area (TPSA) is 52.6 Å². The van der Waals surface area contributed by atoms with E-state index in [9.17, 15) is 13.2 Å². The van der Waals surface area contributed by atoms with E-state index in [1.807, 2.05) is 6.07 Å². The summed E-state index contributed by atoms with van der Waals surface area (Å²) in [6.07, 6.45) is -2.96. The molecule has 2 atom stereocenters. The Morgan fingerprint density at radius 1 is 1.30 bits per heavy atom. The van der Waals surface area contributed by atoms with Crippen LogP contribution in [0.25, 0.3) is 0 Å². The molecule has 1 aliphatic heterocycles. The number of guanidine groups is 1. The molecule has 2 N–H and O–H groups in total. The maximum Gasteiger partial charge on any atom is 0.434 e. The molecule has 0 bridgehead atoms. The molecule has 0 aliphatic carbocycles. The van der Waals surface area contributed by atoms with Gasteiger partial charge in [0.05, 0.1) is 5.01 Å². The van der Waals surface area contributed by atoms with E-state index in [-0.39, 0.29) is 30.0 Å². The largest absolute Gasteiger partial charge is 0.434 e. The fraction of sp³-hybridized carbons (Fsp3) is 0.500. The second-order valence-electron chi connectivity index (χ2n) is 7.21. The fourth-order valence-corrected chi connectivity index (χ4v) is 4.28. The molecule has 2 heterocycles. The van der Waals surface area contributed by atoms with Crippen LogP contribution in [-0.2, 0) is 19.1 Å². The first kappa shape index (κ1) is 24.9. The lowest BCUT2D eigenvalue weighted by atomic mass is 10.2. The highest BCUT2D eigenvalue weighted by Crippen LogP contribution is 2.30. The molecule has 1 aromatic carbocycles. The zero-order valence-corrected chi connectivity index (χ0v) is 20.1. The summed E-state index contributed by atoms with van der Waals surface area (Å²) in [6, 6.07) is 11.1. The van der Waals surface area contributed by atoms with Crippen LogP contribution in [0.1, 0.15) is 29.6 Å². The summed E-state index contributed by atoms with van der Waals surface area (Å²) in [5, 5.41) is 8.13. The molecule has 5 nitrogen and oxygen atoms in total. The predicted molar refractivity (Wildman–Crippen MR) is 125 cm³/mol. The molecule has 1 aliphatic rings. The molecule has 2 aromatic rings. The Bertz CT molecular complexity index is 812. The number of likely N-dealkylation sites (tertiary alicyclic amines) is 1. The van der Waals surface area contributed by atoms with E-state index in [1.54, 1.807) is 7.05 Å². The third kappa shape index (κ3) is 7.09. The van der Waals surface area contributed by atoms with Crippen molar-refractivity contribution in [2.24, 2.45) is 4.99 Å². The summed E-state index contributed by atoms with van der Waals surface area (Å²) in [5.74, 6) is 0.663. The zero-order valence-electron chi connectivity index (χ0n) is 16.9. The number of benzene rings is 1. The molecule has 0 amide bonds. The minimum absolute atomic E-state index is 0. The van der Waals surface area contributed by atoms with Crippen LogP contribution < -0.4 is 10.6 Å². The first-order valence-corrected chi connectivity index (χ1v) is 10.5. The molecule has 1 aromatic heterocycles. The van der Waals surface area contributed by atoms with Crippen LogP contribution in [0.5, 0.6) is 0 Å². The Morgan fingerprint density at radius 3 is 2.67 bits per heavy atom. The average Bonchev–Trinajstić information content (AvgIpc) is 3.29. The summed E-state index contributed by atoms with van der Waals surface area (Å²) >= 11 is 1.03. The van der Waals surface area contributed by atoms with Gasteiger partial charge >= 0.3 is 6.18 Å². The highest BCUT2D eigenvalue weighted by molar-refractivity contribution is 14.0. The standard InChI is InChI=1S/C20H26F3N5S.HI/c1-14-10-16(12-28(14)11-15-6-4-3-5-7-15)26-19(24-2)25-9-8-18-27-17(13-29-18)20(21,22)23;/h3-7,13-14,16H,8-12H2,1-2H3,(H2,24,25,26);1H. The highest BCUT2D eigenvalue weighted by atomic mass is 127. The van der Waals surface area contributed by atoms with E-state index in [0.717, 1.165) is 36.2 Å². The molecular formula is C20H27F3IN5S. The maximum atomic E-state index is 12.6. The maximum absolute atomic E-state index is 12.6. The third-order valence-electron chi connectivity index (χ3n) is 4.97. The van der Waals surface area contributed by atoms with Gasteiger partial charge in [-0.2, -0.15) is 13.2 Å². The van der Waals surface area contributed by atoms with Crippen molar-refractivity contribution in [3.8, 4) is 0 Å². The van der Waals surface area contributed by atoms with E-state index in [2.05, 4.69) is 56.7 Å². The summed E-state index contributed by atoms with van der Waals surface area (Å²) in [5.41, 5.74) is 0.475. The number of rotatable bonds is 6. The number of halogens is 4. The molecule has 3 rings (SSSR count). The smallest absolute Gasteiger partial charge is 0.356 e. The van der Waals surface area contributed by atoms with Crippen molar-refractivity contribution in [3.63, 3.8) is 0 Å². The number of thiazole rings is 1. The predicted octanol–water partition coefficient (Wildman–Crippen LogP) is 4.15. The van der Waals surface area contributed by atoms with Gasteiger partial charge in [-0.15, -0.1) is 35.3 Å². The first-order valence-electron chi connectivity index (χ1n) is 9.62. The van der Waals surface area contributed by atoms with Crippen molar-refractivity contribution in [3.05, 3.63) is 52.0 Å². The van der Waals surface area contributed by atoms with Crippen molar-refractivity contribution in [1.82, 2.24) is 20.5 Å². The van der Waals surface area contributed by atoms with E-state index < -0.39 is 11.9 Å². The average molecular weight is 553 g/mol. The molecule has 0 saturated carbocycles. The molecule has 166 valence electrons. The lowest BCUT2D eigenvalue weighted by Gasteiger charge is -2.21. The zero-order chi connectivity index (χ0) is 20.9. The third-order valence-corrected chi connectivity index (χ3v) is 5.88. The van der Waals surface area contributed by atoms with Gasteiger partial charge in [0, 0.05) is 50.6 Å². The van der Waals surface area contributed by atoms with Crippen LogP contribution in [-0.4, -0.2) is 48.1 Å². The van der Waals surface area contributed by atoms with Crippen LogP contribution in [0.3, 0.4) is 0 Å². The highest BCUT2D eigenvalue weighted by Gasteiger charge is 2.33. The van der Waals surface area contributed by atoms with Crippen LogP contribution in [0.4, 0.5) is 13.2 Å². The van der Waals surface area contributed by atoms with Crippen LogP contribution >= 0.6 is 35.3 Å². The Hall–Kier alpha value is -1.40. The molecule has 1 fully saturated rings. The fourth-order valence-electron chi connectivity index (χ4n) is 3.47. The summed E-state index contributed by atoms with van der Waals surface area (Å²) in [6.45, 7) is 4.53. The second kappa shape index (κ2) is 11.3. The van der Waals surface area contributed by atoms with Crippen molar-refractivity contribution in [1.29, 1.82) is 0 Å². The van der Waals surface area contributed by atoms with Crippen molar-refractivity contribution >= 4 is 41.3 Å². The van der Waals surface area contributed by atoms with Gasteiger partial charge in [0.2, 0.25) is 0 Å². The minimum Gasteiger partial charge on any atom is -0.356 e. The van der Waals surface area contributed by atoms with Crippen LogP contribution in [0, 0.1) is 0 Å². The SMILES string of the molecule is CN=C(NCCc1nc(C(F)(F)F)cs1)NC1CC(C)N(Cc2ccccc2)C1.I. The number of hydrogen-bond acceptors (Lipinski definition) is 4. The molecular weight excluding hydrogens is 526 g/mol. The number of nitrogens with zero attached hydrogens (tertiary/aromatic N) is 3. The molecule has 10 heteroatoms. The number of nitrogens with one attached hydrogen (secondary N) is 2. The molecule has 0 spiro atoms. The molecule has 30 heavy (non-hydrogen) atoms. The monoisotopic (exact) mass is 553 g/mol. The Labute approximate surface area is 196 Å². The van der Waals surface area contributed by atoms with Gasteiger partial charge < -0.3 is 10.6 Å². The summed E-state index contributed by atoms with van der Waals surface area (Å²) in [7, 11) is 1.70. The Morgan fingerprint density at radius 2 is 2.03 bits per heavy atom. The van der Waals surface area contributed by atoms with Crippen LogP contribution in [0.2, 0.25) is 0 Å². The van der Waals surface area contributed by atoms with E-state index in [0.29, 0.717) is 30.0 Å². The second-order valence-corrected chi connectivity index (χ2v) is 8.16. The molecule has 0 radical (unpaired) electrons. The lowest BCUT2D eigenvalue weighted by molar-refractivity contribution is -0.140. The van der Waals surface area contributed by atoms with Gasteiger partial charge in [-0.05, 0) is 18.9 Å². The van der Waals surface area contributed by atoms with E-state index in [1.165, 1.54) is 5.56 Å². The number of alkyl halides is 3. The minimum atomic E-state index is -4.38. The quantitative estimate of drug-likeness (QED) is 0.321. The van der Waals surface area contributed by atoms with Gasteiger partial charge in [0.1, 0.15) is 0 Å². The van der Waals surface area contributed by atoms with E-state index >= 15 is 0 Å². The number of hydrogen-bond donors (Lipinski definition) is 2. The van der Waals surface area contributed by atoms with Crippen LogP contribution in [0.15, 0.2) is 40.7 Å². The van der Waals surface area contributed by atoms with Gasteiger partial charge in [-0.3, -0.25) is 9.89 Å². The Kier molecular flexibility index (Phi) is 9.35. The van der Waals surface area contributed by atoms with Gasteiger partial charge in [-0.25, -0.2) is 4.98 Å². The van der Waals surface area contributed by atoms with Gasteiger partial charge in [0.15, 0.2) is 11.7 Å². The summed E-state index contributed by atoms with van der Waals surface area (Å²) < 4.78 is 37.9. The Balaban J connectivity index is 0.00000320. The van der Waals surface area contributed by atoms with Crippen molar-refractivity contribution in [2.45, 2.75) is 44.6 Å². The number of aliphatic imine (C=N–C) groups is 1. The van der Waals surface area contributed by atoms with Crippen molar-refractivity contribution < 1.29 is 13.2 Å². The lowest BCUT2D eigenvalue weighted by Crippen LogP contribution is -2.45. The molecule has 1 saturated heterocycles. The number of aromatic nitrogens is 1. The normalized spacial score (nSPS) is 20.1. The summed E-state index contributed by atoms with van der Waals surface area (Å²) in [4.78, 5) is 10.3.